The fourth-order valence-corrected chi connectivity index (χ4v) is 2.41. The van der Waals surface area contributed by atoms with Crippen LogP contribution >= 0.6 is 28.3 Å². The summed E-state index contributed by atoms with van der Waals surface area (Å²) in [5.74, 6) is -0.0153. The number of carbonyl (C=O) groups excluding carboxylic acids is 1. The van der Waals surface area contributed by atoms with Gasteiger partial charge in [-0.15, -0.1) is 12.4 Å². The number of amides is 1. The Morgan fingerprint density at radius 2 is 1.90 bits per heavy atom. The van der Waals surface area contributed by atoms with E-state index in [-0.39, 0.29) is 18.3 Å². The zero-order valence-electron chi connectivity index (χ0n) is 11.7. The highest BCUT2D eigenvalue weighted by Crippen LogP contribution is 2.17. The molecule has 0 aromatic heterocycles. The van der Waals surface area contributed by atoms with Crippen LogP contribution in [0, 0.1) is 0 Å². The molecule has 21 heavy (non-hydrogen) atoms. The monoisotopic (exact) mass is 368 g/mol. The molecule has 2 aromatic rings. The number of hydrogen-bond donors (Lipinski definition) is 2. The minimum absolute atomic E-state index is 0. The van der Waals surface area contributed by atoms with Gasteiger partial charge >= 0.3 is 0 Å². The molecule has 2 aromatic carbocycles. The Hall–Kier alpha value is -1.36. The summed E-state index contributed by atoms with van der Waals surface area (Å²) in [5, 5.41) is 6.02. The SMILES string of the molecule is CNCc1cccc(NC(=O)Cc2ccccc2Br)c1.Cl. The van der Waals surface area contributed by atoms with Gasteiger partial charge in [0.15, 0.2) is 0 Å². The molecule has 0 spiro atoms. The molecule has 0 bridgehead atoms. The van der Waals surface area contributed by atoms with Gasteiger partial charge in [-0.25, -0.2) is 0 Å². The molecule has 2 rings (SSSR count). The molecule has 112 valence electrons. The first-order valence-corrected chi connectivity index (χ1v) is 7.25. The molecule has 5 heteroatoms. The lowest BCUT2D eigenvalue weighted by Crippen LogP contribution is -2.15. The highest BCUT2D eigenvalue weighted by atomic mass is 79.9. The number of hydrogen-bond acceptors (Lipinski definition) is 2. The van der Waals surface area contributed by atoms with Gasteiger partial charge in [0.1, 0.15) is 0 Å². The molecule has 0 radical (unpaired) electrons. The van der Waals surface area contributed by atoms with Gasteiger partial charge in [0.2, 0.25) is 5.91 Å². The van der Waals surface area contributed by atoms with Gasteiger partial charge in [0, 0.05) is 16.7 Å². The van der Waals surface area contributed by atoms with Crippen LogP contribution in [0.5, 0.6) is 0 Å². The van der Waals surface area contributed by atoms with Crippen LogP contribution in [-0.4, -0.2) is 13.0 Å². The van der Waals surface area contributed by atoms with Crippen molar-refractivity contribution in [2.24, 2.45) is 0 Å². The average molecular weight is 370 g/mol. The minimum Gasteiger partial charge on any atom is -0.326 e. The van der Waals surface area contributed by atoms with Crippen LogP contribution in [0.4, 0.5) is 5.69 Å². The van der Waals surface area contributed by atoms with Crippen LogP contribution < -0.4 is 10.6 Å². The minimum atomic E-state index is -0.0153. The molecule has 0 heterocycles. The Labute approximate surface area is 139 Å². The summed E-state index contributed by atoms with van der Waals surface area (Å²) in [4.78, 5) is 12.1. The third-order valence-corrected chi connectivity index (χ3v) is 3.67. The quantitative estimate of drug-likeness (QED) is 0.842. The van der Waals surface area contributed by atoms with Crippen molar-refractivity contribution in [1.29, 1.82) is 0 Å². The average Bonchev–Trinajstić information content (AvgIpc) is 2.42. The van der Waals surface area contributed by atoms with Gasteiger partial charge in [-0.1, -0.05) is 46.3 Å². The van der Waals surface area contributed by atoms with Crippen LogP contribution in [0.3, 0.4) is 0 Å². The Balaban J connectivity index is 0.00000220. The van der Waals surface area contributed by atoms with E-state index in [0.29, 0.717) is 6.42 Å². The van der Waals surface area contributed by atoms with E-state index in [0.717, 1.165) is 27.8 Å². The topological polar surface area (TPSA) is 41.1 Å². The highest BCUT2D eigenvalue weighted by molar-refractivity contribution is 9.10. The van der Waals surface area contributed by atoms with Crippen molar-refractivity contribution in [2.75, 3.05) is 12.4 Å². The van der Waals surface area contributed by atoms with Crippen LogP contribution in [-0.2, 0) is 17.8 Å². The maximum atomic E-state index is 12.1. The van der Waals surface area contributed by atoms with Gasteiger partial charge < -0.3 is 10.6 Å². The Morgan fingerprint density at radius 3 is 2.62 bits per heavy atom. The van der Waals surface area contributed by atoms with E-state index in [1.807, 2.05) is 55.6 Å². The molecular weight excluding hydrogens is 352 g/mol. The normalized spacial score (nSPS) is 9.81. The summed E-state index contributed by atoms with van der Waals surface area (Å²) in [5.41, 5.74) is 2.96. The number of rotatable bonds is 5. The molecular formula is C16H18BrClN2O. The molecule has 0 aliphatic carbocycles. The zero-order valence-corrected chi connectivity index (χ0v) is 14.1. The van der Waals surface area contributed by atoms with E-state index in [9.17, 15) is 4.79 Å². The molecule has 0 saturated carbocycles. The fraction of sp³-hybridized carbons (Fsp3) is 0.188. The predicted octanol–water partition coefficient (Wildman–Crippen LogP) is 3.77. The lowest BCUT2D eigenvalue weighted by Gasteiger charge is -2.08. The van der Waals surface area contributed by atoms with Crippen molar-refractivity contribution in [2.45, 2.75) is 13.0 Å². The van der Waals surface area contributed by atoms with Crippen LogP contribution in [0.1, 0.15) is 11.1 Å². The lowest BCUT2D eigenvalue weighted by molar-refractivity contribution is -0.115. The maximum absolute atomic E-state index is 12.1. The Bertz CT molecular complexity index is 604. The molecule has 0 aliphatic rings. The summed E-state index contributed by atoms with van der Waals surface area (Å²) in [6, 6.07) is 15.6. The molecule has 0 unspecified atom stereocenters. The number of benzene rings is 2. The molecule has 0 fully saturated rings. The van der Waals surface area contributed by atoms with E-state index in [2.05, 4.69) is 26.6 Å². The number of anilines is 1. The van der Waals surface area contributed by atoms with E-state index >= 15 is 0 Å². The smallest absolute Gasteiger partial charge is 0.228 e. The third-order valence-electron chi connectivity index (χ3n) is 2.90. The zero-order chi connectivity index (χ0) is 14.4. The van der Waals surface area contributed by atoms with Gasteiger partial charge in [-0.3, -0.25) is 4.79 Å². The fourth-order valence-electron chi connectivity index (χ4n) is 1.98. The first kappa shape index (κ1) is 17.7. The summed E-state index contributed by atoms with van der Waals surface area (Å²) >= 11 is 3.45. The van der Waals surface area contributed by atoms with E-state index in [1.54, 1.807) is 0 Å². The van der Waals surface area contributed by atoms with Crippen molar-refractivity contribution < 1.29 is 4.79 Å². The van der Waals surface area contributed by atoms with Crippen LogP contribution in [0.15, 0.2) is 53.0 Å². The van der Waals surface area contributed by atoms with Crippen molar-refractivity contribution in [3.63, 3.8) is 0 Å². The van der Waals surface area contributed by atoms with E-state index < -0.39 is 0 Å². The van der Waals surface area contributed by atoms with Crippen molar-refractivity contribution in [3.05, 3.63) is 64.1 Å². The molecule has 0 aliphatic heterocycles. The summed E-state index contributed by atoms with van der Waals surface area (Å²) in [7, 11) is 1.90. The van der Waals surface area contributed by atoms with E-state index in [1.165, 1.54) is 0 Å². The molecule has 1 amide bonds. The largest absolute Gasteiger partial charge is 0.326 e. The van der Waals surface area contributed by atoms with Gasteiger partial charge in [-0.2, -0.15) is 0 Å². The predicted molar refractivity (Wildman–Crippen MR) is 92.9 cm³/mol. The van der Waals surface area contributed by atoms with Gasteiger partial charge in [0.05, 0.1) is 6.42 Å². The number of halogens is 2. The second-order valence-corrected chi connectivity index (χ2v) is 5.40. The Kier molecular flexibility index (Phi) is 7.43. The second kappa shape index (κ2) is 8.82. The summed E-state index contributed by atoms with van der Waals surface area (Å²) in [6.45, 7) is 0.786. The number of nitrogens with one attached hydrogen (secondary N) is 2. The van der Waals surface area contributed by atoms with Crippen molar-refractivity contribution in [3.8, 4) is 0 Å². The molecule has 0 saturated heterocycles. The van der Waals surface area contributed by atoms with Crippen LogP contribution in [0.25, 0.3) is 0 Å². The third kappa shape index (κ3) is 5.50. The first-order valence-electron chi connectivity index (χ1n) is 6.46. The molecule has 3 nitrogen and oxygen atoms in total. The van der Waals surface area contributed by atoms with Crippen LogP contribution in [0.2, 0.25) is 0 Å². The summed E-state index contributed by atoms with van der Waals surface area (Å²) in [6.07, 6.45) is 0.359. The van der Waals surface area contributed by atoms with Crippen molar-refractivity contribution >= 4 is 39.9 Å². The molecule has 2 N–H and O–H groups in total. The van der Waals surface area contributed by atoms with Crippen molar-refractivity contribution in [1.82, 2.24) is 5.32 Å². The standard InChI is InChI=1S/C16H17BrN2O.ClH/c1-18-11-12-5-4-7-14(9-12)19-16(20)10-13-6-2-3-8-15(13)17;/h2-9,18H,10-11H2,1H3,(H,19,20);1H. The maximum Gasteiger partial charge on any atom is 0.228 e. The highest BCUT2D eigenvalue weighted by Gasteiger charge is 2.07. The molecule has 0 atom stereocenters. The summed E-state index contributed by atoms with van der Waals surface area (Å²) < 4.78 is 0.957. The lowest BCUT2D eigenvalue weighted by atomic mass is 10.1. The Morgan fingerprint density at radius 1 is 1.14 bits per heavy atom. The first-order chi connectivity index (χ1) is 9.69. The second-order valence-electron chi connectivity index (χ2n) is 4.55. The van der Waals surface area contributed by atoms with Gasteiger partial charge in [-0.05, 0) is 36.4 Å². The van der Waals surface area contributed by atoms with Gasteiger partial charge in [0.25, 0.3) is 0 Å². The number of carbonyl (C=O) groups is 1. The van der Waals surface area contributed by atoms with E-state index in [4.69, 9.17) is 0 Å².